The summed E-state index contributed by atoms with van der Waals surface area (Å²) in [6.07, 6.45) is 2.22. The number of hydrogen-bond acceptors (Lipinski definition) is 3. The zero-order valence-electron chi connectivity index (χ0n) is 10.5. The van der Waals surface area contributed by atoms with Gasteiger partial charge in [0, 0.05) is 12.5 Å². The van der Waals surface area contributed by atoms with Crippen LogP contribution in [-0.4, -0.2) is 26.2 Å². The second kappa shape index (κ2) is 5.48. The van der Waals surface area contributed by atoms with E-state index in [0.29, 0.717) is 22.9 Å². The molecule has 1 aromatic rings. The summed E-state index contributed by atoms with van der Waals surface area (Å²) < 4.78 is 10.4. The minimum absolute atomic E-state index is 0.117. The van der Waals surface area contributed by atoms with Gasteiger partial charge in [-0.1, -0.05) is 11.6 Å². The third-order valence-electron chi connectivity index (χ3n) is 3.06. The summed E-state index contributed by atoms with van der Waals surface area (Å²) in [7, 11) is 3.13. The normalized spacial score (nSPS) is 18.6. The number of methoxy groups -OCH3 is 2. The van der Waals surface area contributed by atoms with Gasteiger partial charge < -0.3 is 14.8 Å². The lowest BCUT2D eigenvalue weighted by Crippen LogP contribution is -2.27. The van der Waals surface area contributed by atoms with E-state index in [0.717, 1.165) is 18.4 Å². The standard InChI is InChI=1S/C13H16ClNO3/c1-17-11-7-8(6-10(14)13(11)18-2)5-9-3-4-12(16)15-9/h6-7,9H,3-5H2,1-2H3,(H,15,16). The second-order valence-electron chi connectivity index (χ2n) is 4.32. The number of halogens is 1. The van der Waals surface area contributed by atoms with Crippen molar-refractivity contribution < 1.29 is 14.3 Å². The van der Waals surface area contributed by atoms with E-state index in [2.05, 4.69) is 5.32 Å². The molecule has 1 amide bonds. The Kier molecular flexibility index (Phi) is 3.97. The fourth-order valence-corrected chi connectivity index (χ4v) is 2.51. The third-order valence-corrected chi connectivity index (χ3v) is 3.34. The Labute approximate surface area is 111 Å². The van der Waals surface area contributed by atoms with Crippen LogP contribution in [0.5, 0.6) is 11.5 Å². The van der Waals surface area contributed by atoms with Crippen molar-refractivity contribution in [3.05, 3.63) is 22.7 Å². The topological polar surface area (TPSA) is 47.6 Å². The first-order chi connectivity index (χ1) is 8.63. The van der Waals surface area contributed by atoms with Crippen LogP contribution in [0, 0.1) is 0 Å². The molecule has 4 nitrogen and oxygen atoms in total. The van der Waals surface area contributed by atoms with E-state index in [-0.39, 0.29) is 11.9 Å². The molecule has 1 unspecified atom stereocenters. The Morgan fingerprint density at radius 1 is 1.39 bits per heavy atom. The summed E-state index contributed by atoms with van der Waals surface area (Å²) in [6, 6.07) is 3.94. The highest BCUT2D eigenvalue weighted by molar-refractivity contribution is 6.32. The Morgan fingerprint density at radius 3 is 2.72 bits per heavy atom. The molecule has 0 radical (unpaired) electrons. The number of ether oxygens (including phenoxy) is 2. The van der Waals surface area contributed by atoms with Crippen LogP contribution in [0.3, 0.4) is 0 Å². The molecule has 1 aromatic carbocycles. The molecule has 18 heavy (non-hydrogen) atoms. The predicted octanol–water partition coefficient (Wildman–Crippen LogP) is 2.18. The van der Waals surface area contributed by atoms with Crippen LogP contribution in [0.15, 0.2) is 12.1 Å². The van der Waals surface area contributed by atoms with Gasteiger partial charge in [-0.25, -0.2) is 0 Å². The van der Waals surface area contributed by atoms with Gasteiger partial charge in [-0.05, 0) is 30.5 Å². The zero-order chi connectivity index (χ0) is 13.1. The highest BCUT2D eigenvalue weighted by Gasteiger charge is 2.22. The Hall–Kier alpha value is -1.42. The molecule has 2 rings (SSSR count). The molecular weight excluding hydrogens is 254 g/mol. The molecule has 0 spiro atoms. The molecule has 1 fully saturated rings. The molecule has 0 saturated carbocycles. The minimum Gasteiger partial charge on any atom is -0.493 e. The maximum absolute atomic E-state index is 11.2. The molecule has 1 heterocycles. The highest BCUT2D eigenvalue weighted by Crippen LogP contribution is 2.36. The van der Waals surface area contributed by atoms with Crippen molar-refractivity contribution in [1.29, 1.82) is 0 Å². The summed E-state index contributed by atoms with van der Waals surface area (Å²) in [5.74, 6) is 1.27. The lowest BCUT2D eigenvalue weighted by molar-refractivity contribution is -0.119. The molecule has 0 aromatic heterocycles. The second-order valence-corrected chi connectivity index (χ2v) is 4.73. The monoisotopic (exact) mass is 269 g/mol. The Morgan fingerprint density at radius 2 is 2.17 bits per heavy atom. The summed E-state index contributed by atoms with van der Waals surface area (Å²) in [5, 5.41) is 3.46. The number of nitrogens with one attached hydrogen (secondary N) is 1. The maximum Gasteiger partial charge on any atom is 0.220 e. The van der Waals surface area contributed by atoms with Gasteiger partial charge in [0.2, 0.25) is 5.91 Å². The maximum atomic E-state index is 11.2. The first kappa shape index (κ1) is 13.0. The first-order valence-corrected chi connectivity index (χ1v) is 6.21. The molecule has 98 valence electrons. The molecule has 0 aliphatic carbocycles. The minimum atomic E-state index is 0.117. The van der Waals surface area contributed by atoms with Gasteiger partial charge in [-0.15, -0.1) is 0 Å². The van der Waals surface area contributed by atoms with Crippen molar-refractivity contribution in [3.8, 4) is 11.5 Å². The highest BCUT2D eigenvalue weighted by atomic mass is 35.5. The van der Waals surface area contributed by atoms with Gasteiger partial charge >= 0.3 is 0 Å². The SMILES string of the molecule is COc1cc(CC2CCC(=O)N2)cc(Cl)c1OC. The predicted molar refractivity (Wildman–Crippen MR) is 69.4 cm³/mol. The van der Waals surface area contributed by atoms with Crippen LogP contribution in [0.25, 0.3) is 0 Å². The van der Waals surface area contributed by atoms with E-state index < -0.39 is 0 Å². The van der Waals surface area contributed by atoms with Gasteiger partial charge in [0.25, 0.3) is 0 Å². The van der Waals surface area contributed by atoms with Crippen LogP contribution in [0.4, 0.5) is 0 Å². The number of benzene rings is 1. The van der Waals surface area contributed by atoms with E-state index in [9.17, 15) is 4.79 Å². The van der Waals surface area contributed by atoms with Crippen molar-refractivity contribution >= 4 is 17.5 Å². The zero-order valence-corrected chi connectivity index (χ0v) is 11.2. The largest absolute Gasteiger partial charge is 0.493 e. The summed E-state index contributed by atoms with van der Waals surface area (Å²) in [6.45, 7) is 0. The van der Waals surface area contributed by atoms with Crippen molar-refractivity contribution in [3.63, 3.8) is 0 Å². The van der Waals surface area contributed by atoms with E-state index in [1.54, 1.807) is 14.2 Å². The lowest BCUT2D eigenvalue weighted by atomic mass is 10.0. The van der Waals surface area contributed by atoms with E-state index >= 15 is 0 Å². The van der Waals surface area contributed by atoms with Crippen LogP contribution >= 0.6 is 11.6 Å². The van der Waals surface area contributed by atoms with Crippen molar-refractivity contribution in [2.24, 2.45) is 0 Å². The number of carbonyl (C=O) groups is 1. The molecule has 0 bridgehead atoms. The Balaban J connectivity index is 2.18. The molecule has 1 saturated heterocycles. The summed E-state index contributed by atoms with van der Waals surface area (Å²) in [4.78, 5) is 11.2. The van der Waals surface area contributed by atoms with Crippen LogP contribution < -0.4 is 14.8 Å². The molecule has 5 heteroatoms. The van der Waals surface area contributed by atoms with Gasteiger partial charge in [0.15, 0.2) is 11.5 Å². The van der Waals surface area contributed by atoms with Crippen LogP contribution in [0.2, 0.25) is 5.02 Å². The average Bonchev–Trinajstić information content (AvgIpc) is 2.74. The van der Waals surface area contributed by atoms with Crippen LogP contribution in [0.1, 0.15) is 18.4 Å². The third kappa shape index (κ3) is 2.70. The number of rotatable bonds is 4. The fraction of sp³-hybridized carbons (Fsp3) is 0.462. The van der Waals surface area contributed by atoms with Crippen LogP contribution in [-0.2, 0) is 11.2 Å². The van der Waals surface area contributed by atoms with Gasteiger partial charge in [-0.2, -0.15) is 0 Å². The number of hydrogen-bond donors (Lipinski definition) is 1. The number of amides is 1. The summed E-state index contributed by atoms with van der Waals surface area (Å²) in [5.41, 5.74) is 1.03. The van der Waals surface area contributed by atoms with Crippen molar-refractivity contribution in [2.75, 3.05) is 14.2 Å². The molecular formula is C13H16ClNO3. The van der Waals surface area contributed by atoms with Gasteiger partial charge in [0.05, 0.1) is 19.2 Å². The fourth-order valence-electron chi connectivity index (χ4n) is 2.20. The van der Waals surface area contributed by atoms with Crippen molar-refractivity contribution in [2.45, 2.75) is 25.3 Å². The average molecular weight is 270 g/mol. The Bertz CT molecular complexity index is 462. The summed E-state index contributed by atoms with van der Waals surface area (Å²) >= 11 is 6.14. The number of carbonyl (C=O) groups excluding carboxylic acids is 1. The van der Waals surface area contributed by atoms with Gasteiger partial charge in [0.1, 0.15) is 0 Å². The van der Waals surface area contributed by atoms with E-state index in [1.165, 1.54) is 0 Å². The molecule has 1 N–H and O–H groups in total. The first-order valence-electron chi connectivity index (χ1n) is 5.83. The molecule has 1 aliphatic heterocycles. The van der Waals surface area contributed by atoms with Gasteiger partial charge in [-0.3, -0.25) is 4.79 Å². The molecule has 1 atom stereocenters. The molecule has 1 aliphatic rings. The quantitative estimate of drug-likeness (QED) is 0.911. The lowest BCUT2D eigenvalue weighted by Gasteiger charge is -2.14. The van der Waals surface area contributed by atoms with E-state index in [1.807, 2.05) is 12.1 Å². The van der Waals surface area contributed by atoms with Crippen molar-refractivity contribution in [1.82, 2.24) is 5.32 Å². The smallest absolute Gasteiger partial charge is 0.220 e. The van der Waals surface area contributed by atoms with E-state index in [4.69, 9.17) is 21.1 Å².